The van der Waals surface area contributed by atoms with Crippen molar-refractivity contribution in [1.29, 1.82) is 0 Å². The Labute approximate surface area is 107 Å². The number of sulfonamides is 1. The highest BCUT2D eigenvalue weighted by Gasteiger charge is 2.36. The second-order valence-electron chi connectivity index (χ2n) is 4.59. The van der Waals surface area contributed by atoms with Gasteiger partial charge in [0.2, 0.25) is 10.0 Å². The van der Waals surface area contributed by atoms with Crippen LogP contribution in [0.2, 0.25) is 0 Å². The fourth-order valence-corrected chi connectivity index (χ4v) is 4.46. The molecule has 1 unspecified atom stereocenters. The Bertz CT molecular complexity index is 522. The molecular weight excluding hydrogens is 252 g/mol. The molecule has 0 radical (unpaired) electrons. The summed E-state index contributed by atoms with van der Waals surface area (Å²) in [6, 6.07) is 4.72. The molecule has 3 N–H and O–H groups in total. The van der Waals surface area contributed by atoms with Crippen molar-refractivity contribution in [2.24, 2.45) is 0 Å². The van der Waals surface area contributed by atoms with Crippen molar-refractivity contribution in [2.75, 3.05) is 18.9 Å². The molecule has 5 nitrogen and oxygen atoms in total. The molecule has 0 aliphatic carbocycles. The summed E-state index contributed by atoms with van der Waals surface area (Å²) in [7, 11) is -3.61. The van der Waals surface area contributed by atoms with E-state index in [-0.39, 0.29) is 23.2 Å². The summed E-state index contributed by atoms with van der Waals surface area (Å²) >= 11 is 0. The van der Waals surface area contributed by atoms with E-state index in [0.717, 1.165) is 6.42 Å². The third-order valence-electron chi connectivity index (χ3n) is 3.34. The van der Waals surface area contributed by atoms with Crippen LogP contribution in [0.25, 0.3) is 0 Å². The average molecular weight is 270 g/mol. The number of nitrogens with zero attached hydrogens (tertiary/aromatic N) is 1. The quantitative estimate of drug-likeness (QED) is 0.793. The third kappa shape index (κ3) is 2.11. The number of rotatable bonds is 3. The molecule has 100 valence electrons. The molecule has 0 aromatic heterocycles. The Balaban J connectivity index is 2.49. The lowest BCUT2D eigenvalue weighted by molar-refractivity contribution is 0.213. The molecule has 0 spiro atoms. The van der Waals surface area contributed by atoms with Gasteiger partial charge in [0.05, 0.1) is 12.3 Å². The fourth-order valence-electron chi connectivity index (χ4n) is 2.45. The summed E-state index contributed by atoms with van der Waals surface area (Å²) in [5, 5.41) is 9.25. The predicted molar refractivity (Wildman–Crippen MR) is 69.6 cm³/mol. The van der Waals surface area contributed by atoms with E-state index in [9.17, 15) is 13.5 Å². The molecule has 1 aromatic carbocycles. The lowest BCUT2D eigenvalue weighted by Gasteiger charge is -2.24. The number of aliphatic hydroxyl groups excluding tert-OH is 1. The van der Waals surface area contributed by atoms with Crippen molar-refractivity contribution in [3.05, 3.63) is 23.8 Å². The first-order valence-corrected chi connectivity index (χ1v) is 7.40. The molecule has 0 amide bonds. The van der Waals surface area contributed by atoms with E-state index in [2.05, 4.69) is 0 Å². The highest BCUT2D eigenvalue weighted by molar-refractivity contribution is 7.89. The van der Waals surface area contributed by atoms with Crippen molar-refractivity contribution in [1.82, 2.24) is 4.31 Å². The molecule has 18 heavy (non-hydrogen) atoms. The first kappa shape index (κ1) is 13.3. The van der Waals surface area contributed by atoms with Crippen LogP contribution in [-0.2, 0) is 10.0 Å². The minimum absolute atomic E-state index is 0.148. The van der Waals surface area contributed by atoms with Gasteiger partial charge in [0, 0.05) is 12.6 Å². The van der Waals surface area contributed by atoms with Crippen molar-refractivity contribution < 1.29 is 13.5 Å². The molecule has 1 saturated heterocycles. The number of nitrogens with two attached hydrogens (primary N) is 1. The summed E-state index contributed by atoms with van der Waals surface area (Å²) in [5.41, 5.74) is 6.69. The van der Waals surface area contributed by atoms with Gasteiger partial charge in [0.15, 0.2) is 0 Å². The van der Waals surface area contributed by atoms with Gasteiger partial charge in [-0.1, -0.05) is 12.1 Å². The number of benzene rings is 1. The Morgan fingerprint density at radius 1 is 1.50 bits per heavy atom. The van der Waals surface area contributed by atoms with E-state index in [1.165, 1.54) is 4.31 Å². The van der Waals surface area contributed by atoms with Gasteiger partial charge >= 0.3 is 0 Å². The zero-order valence-electron chi connectivity index (χ0n) is 10.3. The largest absolute Gasteiger partial charge is 0.398 e. The molecule has 1 aliphatic heterocycles. The molecule has 1 heterocycles. The smallest absolute Gasteiger partial charge is 0.245 e. The van der Waals surface area contributed by atoms with E-state index in [1.807, 2.05) is 0 Å². The predicted octanol–water partition coefficient (Wildman–Crippen LogP) is 0.723. The van der Waals surface area contributed by atoms with Crippen LogP contribution in [0.15, 0.2) is 23.1 Å². The van der Waals surface area contributed by atoms with E-state index >= 15 is 0 Å². The molecule has 2 rings (SSSR count). The van der Waals surface area contributed by atoms with Crippen LogP contribution in [0.3, 0.4) is 0 Å². The van der Waals surface area contributed by atoms with Crippen LogP contribution < -0.4 is 5.73 Å². The van der Waals surface area contributed by atoms with Gasteiger partial charge < -0.3 is 10.8 Å². The summed E-state index contributed by atoms with van der Waals surface area (Å²) in [4.78, 5) is 0.172. The van der Waals surface area contributed by atoms with Crippen LogP contribution in [-0.4, -0.2) is 37.0 Å². The number of hydrogen-bond acceptors (Lipinski definition) is 4. The van der Waals surface area contributed by atoms with Crippen LogP contribution in [0, 0.1) is 6.92 Å². The number of aliphatic hydroxyl groups is 1. The molecule has 1 fully saturated rings. The van der Waals surface area contributed by atoms with Crippen LogP contribution in [0.5, 0.6) is 0 Å². The average Bonchev–Trinajstić information content (AvgIpc) is 2.77. The Kier molecular flexibility index (Phi) is 3.61. The molecule has 6 heteroatoms. The second-order valence-corrected chi connectivity index (χ2v) is 6.42. The lowest BCUT2D eigenvalue weighted by atomic mass is 10.2. The van der Waals surface area contributed by atoms with Crippen LogP contribution in [0.4, 0.5) is 5.69 Å². The molecule has 1 atom stereocenters. The molecular formula is C12H18N2O3S. The van der Waals surface area contributed by atoms with Crippen LogP contribution in [0.1, 0.15) is 18.4 Å². The highest BCUT2D eigenvalue weighted by Crippen LogP contribution is 2.30. The fraction of sp³-hybridized carbons (Fsp3) is 0.500. The summed E-state index contributed by atoms with van der Waals surface area (Å²) in [5.74, 6) is 0. The van der Waals surface area contributed by atoms with E-state index < -0.39 is 10.0 Å². The van der Waals surface area contributed by atoms with Gasteiger partial charge in [-0.15, -0.1) is 0 Å². The molecule has 1 aliphatic rings. The minimum atomic E-state index is -3.61. The van der Waals surface area contributed by atoms with Gasteiger partial charge in [0.1, 0.15) is 4.90 Å². The van der Waals surface area contributed by atoms with Gasteiger partial charge in [-0.05, 0) is 31.4 Å². The van der Waals surface area contributed by atoms with Gasteiger partial charge in [-0.25, -0.2) is 8.42 Å². The topological polar surface area (TPSA) is 83.6 Å². The van der Waals surface area contributed by atoms with Gasteiger partial charge in [-0.3, -0.25) is 0 Å². The van der Waals surface area contributed by atoms with E-state index in [1.54, 1.807) is 25.1 Å². The SMILES string of the molecule is Cc1cccc(N)c1S(=O)(=O)N1CCCC1CO. The normalized spacial score (nSPS) is 21.3. The number of anilines is 1. The van der Waals surface area contributed by atoms with Gasteiger partial charge in [0.25, 0.3) is 0 Å². The van der Waals surface area contributed by atoms with Crippen molar-refractivity contribution >= 4 is 15.7 Å². The standard InChI is InChI=1S/C12H18N2O3S/c1-9-4-2-6-11(13)12(9)18(16,17)14-7-3-5-10(14)8-15/h2,4,6,10,15H,3,5,7-8,13H2,1H3. The van der Waals surface area contributed by atoms with Crippen molar-refractivity contribution in [2.45, 2.75) is 30.7 Å². The molecule has 1 aromatic rings. The highest BCUT2D eigenvalue weighted by atomic mass is 32.2. The van der Waals surface area contributed by atoms with Crippen molar-refractivity contribution in [3.63, 3.8) is 0 Å². The first-order valence-electron chi connectivity index (χ1n) is 5.96. The number of hydrogen-bond donors (Lipinski definition) is 2. The number of nitrogen functional groups attached to an aromatic ring is 1. The summed E-state index contributed by atoms with van der Waals surface area (Å²) in [6.45, 7) is 2.03. The Morgan fingerprint density at radius 2 is 2.22 bits per heavy atom. The van der Waals surface area contributed by atoms with Crippen molar-refractivity contribution in [3.8, 4) is 0 Å². The van der Waals surface area contributed by atoms with E-state index in [4.69, 9.17) is 5.73 Å². The summed E-state index contributed by atoms with van der Waals surface area (Å²) < 4.78 is 26.5. The maximum atomic E-state index is 12.6. The molecule has 0 saturated carbocycles. The van der Waals surface area contributed by atoms with Gasteiger partial charge in [-0.2, -0.15) is 4.31 Å². The zero-order chi connectivity index (χ0) is 13.3. The first-order chi connectivity index (χ1) is 8.48. The minimum Gasteiger partial charge on any atom is -0.398 e. The number of aryl methyl sites for hydroxylation is 1. The Morgan fingerprint density at radius 3 is 2.83 bits per heavy atom. The monoisotopic (exact) mass is 270 g/mol. The maximum absolute atomic E-state index is 12.6. The Hall–Kier alpha value is -1.11. The third-order valence-corrected chi connectivity index (χ3v) is 5.51. The van der Waals surface area contributed by atoms with Crippen LogP contribution >= 0.6 is 0 Å². The van der Waals surface area contributed by atoms with E-state index in [0.29, 0.717) is 18.5 Å². The zero-order valence-corrected chi connectivity index (χ0v) is 11.2. The lowest BCUT2D eigenvalue weighted by Crippen LogP contribution is -2.38. The molecule has 0 bridgehead atoms. The second kappa shape index (κ2) is 4.87. The maximum Gasteiger partial charge on any atom is 0.245 e. The summed E-state index contributed by atoms with van der Waals surface area (Å²) in [6.07, 6.45) is 1.47.